The fourth-order valence-electron chi connectivity index (χ4n) is 3.08. The van der Waals surface area contributed by atoms with Crippen molar-refractivity contribution < 1.29 is 18.3 Å². The molecule has 0 amide bonds. The van der Waals surface area contributed by atoms with Crippen LogP contribution < -0.4 is 0 Å². The molecule has 1 saturated heterocycles. The Hall–Kier alpha value is -1.40. The van der Waals surface area contributed by atoms with E-state index in [1.807, 2.05) is 30.3 Å². The molecule has 21 heavy (non-hydrogen) atoms. The Morgan fingerprint density at radius 2 is 1.71 bits per heavy atom. The zero-order valence-corrected chi connectivity index (χ0v) is 12.6. The molecule has 5 nitrogen and oxygen atoms in total. The molecule has 114 valence electrons. The van der Waals surface area contributed by atoms with E-state index >= 15 is 0 Å². The minimum atomic E-state index is -3.21. The molecule has 0 aromatic heterocycles. The third-order valence-electron chi connectivity index (χ3n) is 4.62. The summed E-state index contributed by atoms with van der Waals surface area (Å²) in [6.07, 6.45) is 2.14. The standard InChI is InChI=1S/C15H19NO4S/c17-14(18)15(12-4-2-1-3-5-12)8-10-16(11-9-15)21(19,20)13-6-7-13/h1-5,13H,6-11H2,(H,17,18). The van der Waals surface area contributed by atoms with Crippen LogP contribution in [0, 0.1) is 0 Å². The molecule has 0 atom stereocenters. The van der Waals surface area contributed by atoms with E-state index in [0.29, 0.717) is 25.9 Å². The van der Waals surface area contributed by atoms with Crippen molar-refractivity contribution in [2.75, 3.05) is 13.1 Å². The van der Waals surface area contributed by atoms with E-state index in [2.05, 4.69) is 0 Å². The number of carboxylic acid groups (broad SMARTS) is 1. The lowest BCUT2D eigenvalue weighted by atomic mass is 9.73. The summed E-state index contributed by atoms with van der Waals surface area (Å²) in [5.74, 6) is -0.864. The summed E-state index contributed by atoms with van der Waals surface area (Å²) in [6.45, 7) is 0.583. The number of benzene rings is 1. The van der Waals surface area contributed by atoms with Crippen molar-refractivity contribution in [3.05, 3.63) is 35.9 Å². The lowest BCUT2D eigenvalue weighted by molar-refractivity contribution is -0.145. The Morgan fingerprint density at radius 3 is 2.19 bits per heavy atom. The Kier molecular flexibility index (Phi) is 3.53. The van der Waals surface area contributed by atoms with Gasteiger partial charge in [-0.3, -0.25) is 4.79 Å². The van der Waals surface area contributed by atoms with Crippen molar-refractivity contribution in [3.63, 3.8) is 0 Å². The summed E-state index contributed by atoms with van der Waals surface area (Å²) in [7, 11) is -3.21. The number of piperidine rings is 1. The molecule has 1 aliphatic carbocycles. The fourth-order valence-corrected chi connectivity index (χ4v) is 4.93. The van der Waals surface area contributed by atoms with Gasteiger partial charge in [-0.05, 0) is 31.2 Å². The van der Waals surface area contributed by atoms with Gasteiger partial charge in [-0.15, -0.1) is 0 Å². The first kappa shape index (κ1) is 14.5. The van der Waals surface area contributed by atoms with Gasteiger partial charge < -0.3 is 5.11 Å². The maximum Gasteiger partial charge on any atom is 0.314 e. The monoisotopic (exact) mass is 309 g/mol. The molecule has 1 saturated carbocycles. The fraction of sp³-hybridized carbons (Fsp3) is 0.533. The van der Waals surface area contributed by atoms with Gasteiger partial charge in [-0.25, -0.2) is 12.7 Å². The van der Waals surface area contributed by atoms with Crippen molar-refractivity contribution >= 4 is 16.0 Å². The molecule has 2 fully saturated rings. The Labute approximate surface area is 124 Å². The van der Waals surface area contributed by atoms with E-state index in [1.54, 1.807) is 0 Å². The van der Waals surface area contributed by atoms with Crippen LogP contribution in [-0.4, -0.2) is 42.1 Å². The average Bonchev–Trinajstić information content (AvgIpc) is 3.33. The van der Waals surface area contributed by atoms with Crippen LogP contribution in [0.2, 0.25) is 0 Å². The number of sulfonamides is 1. The van der Waals surface area contributed by atoms with Crippen LogP contribution in [-0.2, 0) is 20.2 Å². The molecule has 1 N–H and O–H groups in total. The second kappa shape index (κ2) is 5.10. The molecule has 0 spiro atoms. The van der Waals surface area contributed by atoms with E-state index in [0.717, 1.165) is 18.4 Å². The molecule has 1 aromatic rings. The molecule has 3 rings (SSSR count). The third-order valence-corrected chi connectivity index (χ3v) is 7.02. The summed E-state index contributed by atoms with van der Waals surface area (Å²) in [4.78, 5) is 11.8. The van der Waals surface area contributed by atoms with Gasteiger partial charge in [0.2, 0.25) is 10.0 Å². The third kappa shape index (κ3) is 2.46. The largest absolute Gasteiger partial charge is 0.481 e. The molecule has 2 aliphatic rings. The van der Waals surface area contributed by atoms with Crippen LogP contribution in [0.1, 0.15) is 31.2 Å². The number of aliphatic carboxylic acids is 1. The minimum Gasteiger partial charge on any atom is -0.481 e. The van der Waals surface area contributed by atoms with Crippen molar-refractivity contribution in [1.82, 2.24) is 4.31 Å². The number of rotatable bonds is 4. The Balaban J connectivity index is 1.83. The molecular weight excluding hydrogens is 290 g/mol. The number of carboxylic acids is 1. The quantitative estimate of drug-likeness (QED) is 0.916. The number of carbonyl (C=O) groups is 1. The number of nitrogens with zero attached hydrogens (tertiary/aromatic N) is 1. The topological polar surface area (TPSA) is 74.7 Å². The van der Waals surface area contributed by atoms with Gasteiger partial charge >= 0.3 is 5.97 Å². The van der Waals surface area contributed by atoms with Crippen molar-refractivity contribution in [2.45, 2.75) is 36.3 Å². The first-order valence-corrected chi connectivity index (χ1v) is 8.75. The van der Waals surface area contributed by atoms with E-state index in [-0.39, 0.29) is 5.25 Å². The molecule has 0 radical (unpaired) electrons. The lowest BCUT2D eigenvalue weighted by Crippen LogP contribution is -2.49. The Bertz CT molecular complexity index is 629. The van der Waals surface area contributed by atoms with Gasteiger partial charge in [0.05, 0.1) is 10.7 Å². The van der Waals surface area contributed by atoms with Crippen LogP contribution in [0.3, 0.4) is 0 Å². The van der Waals surface area contributed by atoms with E-state index in [4.69, 9.17) is 0 Å². The average molecular weight is 309 g/mol. The predicted molar refractivity (Wildman–Crippen MR) is 78.5 cm³/mol. The lowest BCUT2D eigenvalue weighted by Gasteiger charge is -2.38. The normalized spacial score (nSPS) is 22.9. The number of hydrogen-bond donors (Lipinski definition) is 1. The minimum absolute atomic E-state index is 0.230. The summed E-state index contributed by atoms with van der Waals surface area (Å²) >= 11 is 0. The highest BCUT2D eigenvalue weighted by atomic mass is 32.2. The van der Waals surface area contributed by atoms with Gasteiger partial charge in [0.1, 0.15) is 0 Å². The summed E-state index contributed by atoms with van der Waals surface area (Å²) in [6, 6.07) is 9.14. The molecule has 1 aromatic carbocycles. The zero-order chi connectivity index (χ0) is 15.1. The van der Waals surface area contributed by atoms with Crippen LogP contribution in [0.4, 0.5) is 0 Å². The van der Waals surface area contributed by atoms with Crippen molar-refractivity contribution in [2.24, 2.45) is 0 Å². The molecule has 6 heteroatoms. The van der Waals surface area contributed by atoms with E-state index in [1.165, 1.54) is 4.31 Å². The molecule has 0 unspecified atom stereocenters. The summed E-state index contributed by atoms with van der Waals surface area (Å²) in [5.41, 5.74) is -0.197. The van der Waals surface area contributed by atoms with Crippen molar-refractivity contribution in [3.8, 4) is 0 Å². The second-order valence-electron chi connectivity index (χ2n) is 5.90. The number of hydrogen-bond acceptors (Lipinski definition) is 3. The van der Waals surface area contributed by atoms with Crippen molar-refractivity contribution in [1.29, 1.82) is 0 Å². The maximum atomic E-state index is 12.2. The van der Waals surface area contributed by atoms with E-state index < -0.39 is 21.4 Å². The Morgan fingerprint density at radius 1 is 1.14 bits per heavy atom. The second-order valence-corrected chi connectivity index (χ2v) is 8.11. The summed E-state index contributed by atoms with van der Waals surface area (Å²) < 4.78 is 26.0. The van der Waals surface area contributed by atoms with Crippen LogP contribution >= 0.6 is 0 Å². The van der Waals surface area contributed by atoms with Crippen LogP contribution in [0.5, 0.6) is 0 Å². The molecule has 0 bridgehead atoms. The zero-order valence-electron chi connectivity index (χ0n) is 11.7. The van der Waals surface area contributed by atoms with Gasteiger partial charge in [0, 0.05) is 13.1 Å². The smallest absolute Gasteiger partial charge is 0.314 e. The highest BCUT2D eigenvalue weighted by molar-refractivity contribution is 7.90. The highest BCUT2D eigenvalue weighted by Crippen LogP contribution is 2.39. The summed E-state index contributed by atoms with van der Waals surface area (Å²) in [5, 5.41) is 9.45. The highest BCUT2D eigenvalue weighted by Gasteiger charge is 2.48. The maximum absolute atomic E-state index is 12.2. The van der Waals surface area contributed by atoms with Crippen LogP contribution in [0.15, 0.2) is 30.3 Å². The van der Waals surface area contributed by atoms with Crippen LogP contribution in [0.25, 0.3) is 0 Å². The van der Waals surface area contributed by atoms with Gasteiger partial charge in [-0.1, -0.05) is 30.3 Å². The predicted octanol–water partition coefficient (Wildman–Crippen LogP) is 1.60. The molecule has 1 heterocycles. The molecule has 1 aliphatic heterocycles. The SMILES string of the molecule is O=C(O)C1(c2ccccc2)CCN(S(=O)(=O)C2CC2)CC1. The van der Waals surface area contributed by atoms with Gasteiger partial charge in [0.25, 0.3) is 0 Å². The molecular formula is C15H19NO4S. The first-order chi connectivity index (χ1) is 9.97. The van der Waals surface area contributed by atoms with Gasteiger partial charge in [0.15, 0.2) is 0 Å². The first-order valence-electron chi connectivity index (χ1n) is 7.25. The van der Waals surface area contributed by atoms with E-state index in [9.17, 15) is 18.3 Å². The van der Waals surface area contributed by atoms with Gasteiger partial charge in [-0.2, -0.15) is 0 Å².